The molecule has 0 aliphatic heterocycles. The Morgan fingerprint density at radius 2 is 2.00 bits per heavy atom. The lowest BCUT2D eigenvalue weighted by Gasteiger charge is -2.06. The summed E-state index contributed by atoms with van der Waals surface area (Å²) in [5.74, 6) is 0. The molecule has 0 saturated heterocycles. The van der Waals surface area contributed by atoms with Gasteiger partial charge in [-0.3, -0.25) is 0 Å². The Kier molecular flexibility index (Phi) is 2.69. The molecule has 0 heterocycles. The predicted octanol–water partition coefficient (Wildman–Crippen LogP) is 2.58. The van der Waals surface area contributed by atoms with Gasteiger partial charge in [-0.05, 0) is 43.6 Å². The molecule has 0 aromatic heterocycles. The summed E-state index contributed by atoms with van der Waals surface area (Å²) in [6.07, 6.45) is 4.79. The number of hydrogen-bond acceptors (Lipinski definition) is 1. The van der Waals surface area contributed by atoms with E-state index in [0.29, 0.717) is 0 Å². The summed E-state index contributed by atoms with van der Waals surface area (Å²) < 4.78 is 0. The number of rotatable bonds is 2. The number of hydrogen-bond donors (Lipinski definition) is 0. The van der Waals surface area contributed by atoms with Gasteiger partial charge in [0.1, 0.15) is 0 Å². The fourth-order valence-electron chi connectivity index (χ4n) is 1.96. The van der Waals surface area contributed by atoms with Crippen molar-refractivity contribution in [3.05, 3.63) is 41.5 Å². The third kappa shape index (κ3) is 1.88. The fraction of sp³-hybridized carbons (Fsp3) is 0.385. The average molecular weight is 187 g/mol. The third-order valence-electron chi connectivity index (χ3n) is 2.73. The first-order valence-electron chi connectivity index (χ1n) is 5.19. The Balaban J connectivity index is 2.21. The van der Waals surface area contributed by atoms with Crippen molar-refractivity contribution in [1.29, 1.82) is 0 Å². The highest BCUT2D eigenvalue weighted by molar-refractivity contribution is 5.72. The molecular weight excluding hydrogens is 170 g/mol. The lowest BCUT2D eigenvalue weighted by atomic mass is 10.1. The van der Waals surface area contributed by atoms with Gasteiger partial charge in [-0.2, -0.15) is 0 Å². The van der Waals surface area contributed by atoms with Crippen LogP contribution in [0.5, 0.6) is 0 Å². The molecule has 74 valence electrons. The largest absolute Gasteiger partial charge is 0.306 e. The molecule has 0 saturated carbocycles. The molecule has 1 heteroatoms. The summed E-state index contributed by atoms with van der Waals surface area (Å²) in [4.78, 5) is 2.20. The van der Waals surface area contributed by atoms with E-state index in [0.717, 1.165) is 6.54 Å². The highest BCUT2D eigenvalue weighted by atomic mass is 15.0. The van der Waals surface area contributed by atoms with Crippen molar-refractivity contribution >= 4 is 5.57 Å². The van der Waals surface area contributed by atoms with Crippen LogP contribution in [0.15, 0.2) is 30.3 Å². The Hall–Kier alpha value is -1.08. The minimum Gasteiger partial charge on any atom is -0.306 e. The second kappa shape index (κ2) is 3.97. The molecule has 1 nitrogen and oxygen atoms in total. The SMILES string of the molecule is CN(C)C/C=C1\CCc2ccccc21. The highest BCUT2D eigenvalue weighted by Crippen LogP contribution is 2.31. The van der Waals surface area contributed by atoms with Gasteiger partial charge in [-0.1, -0.05) is 30.3 Å². The van der Waals surface area contributed by atoms with Gasteiger partial charge in [0.15, 0.2) is 0 Å². The van der Waals surface area contributed by atoms with Crippen LogP contribution < -0.4 is 0 Å². The van der Waals surface area contributed by atoms with E-state index < -0.39 is 0 Å². The Morgan fingerprint density at radius 1 is 1.21 bits per heavy atom. The Labute approximate surface area is 86.1 Å². The molecule has 0 unspecified atom stereocenters. The van der Waals surface area contributed by atoms with Crippen molar-refractivity contribution in [2.24, 2.45) is 0 Å². The molecule has 0 amide bonds. The molecular formula is C13H17N. The van der Waals surface area contributed by atoms with E-state index in [2.05, 4.69) is 49.3 Å². The first-order chi connectivity index (χ1) is 6.77. The zero-order chi connectivity index (χ0) is 9.97. The molecule has 1 aromatic carbocycles. The first kappa shape index (κ1) is 9.47. The van der Waals surface area contributed by atoms with Gasteiger partial charge in [0.2, 0.25) is 0 Å². The van der Waals surface area contributed by atoms with E-state index in [1.165, 1.54) is 29.5 Å². The van der Waals surface area contributed by atoms with Crippen LogP contribution >= 0.6 is 0 Å². The molecule has 0 radical (unpaired) electrons. The molecule has 1 aromatic rings. The number of aryl methyl sites for hydroxylation is 1. The van der Waals surface area contributed by atoms with Crippen LogP contribution in [0.25, 0.3) is 5.57 Å². The highest BCUT2D eigenvalue weighted by Gasteiger charge is 2.14. The van der Waals surface area contributed by atoms with Crippen molar-refractivity contribution in [3.63, 3.8) is 0 Å². The van der Waals surface area contributed by atoms with E-state index in [1.54, 1.807) is 0 Å². The average Bonchev–Trinajstić information content (AvgIpc) is 2.58. The molecule has 2 rings (SSSR count). The molecule has 0 N–H and O–H groups in total. The molecule has 0 spiro atoms. The Morgan fingerprint density at radius 3 is 2.79 bits per heavy atom. The van der Waals surface area contributed by atoms with E-state index >= 15 is 0 Å². The van der Waals surface area contributed by atoms with Gasteiger partial charge in [-0.15, -0.1) is 0 Å². The van der Waals surface area contributed by atoms with E-state index in [-0.39, 0.29) is 0 Å². The van der Waals surface area contributed by atoms with Gasteiger partial charge < -0.3 is 4.90 Å². The smallest absolute Gasteiger partial charge is 0.0163 e. The van der Waals surface area contributed by atoms with E-state index in [4.69, 9.17) is 0 Å². The number of likely N-dealkylation sites (N-methyl/N-ethyl adjacent to an activating group) is 1. The van der Waals surface area contributed by atoms with Crippen molar-refractivity contribution in [1.82, 2.24) is 4.90 Å². The summed E-state index contributed by atoms with van der Waals surface area (Å²) in [6.45, 7) is 1.05. The van der Waals surface area contributed by atoms with Crippen molar-refractivity contribution < 1.29 is 0 Å². The monoisotopic (exact) mass is 187 g/mol. The molecule has 0 atom stereocenters. The maximum absolute atomic E-state index is 2.35. The van der Waals surface area contributed by atoms with E-state index in [9.17, 15) is 0 Å². The van der Waals surface area contributed by atoms with Crippen molar-refractivity contribution in [3.8, 4) is 0 Å². The van der Waals surface area contributed by atoms with Gasteiger partial charge in [0.05, 0.1) is 0 Å². The standard InChI is InChI=1S/C13H17N/c1-14(2)10-9-12-8-7-11-5-3-4-6-13(11)12/h3-6,9H,7-8,10H2,1-2H3/b12-9+. The zero-order valence-corrected chi connectivity index (χ0v) is 8.96. The maximum Gasteiger partial charge on any atom is 0.0163 e. The number of allylic oxidation sites excluding steroid dienone is 1. The lowest BCUT2D eigenvalue weighted by Crippen LogP contribution is -2.10. The topological polar surface area (TPSA) is 3.24 Å². The van der Waals surface area contributed by atoms with Gasteiger partial charge in [-0.25, -0.2) is 0 Å². The summed E-state index contributed by atoms with van der Waals surface area (Å²) in [6, 6.07) is 8.75. The molecule has 0 fully saturated rings. The van der Waals surface area contributed by atoms with Crippen LogP contribution in [0.4, 0.5) is 0 Å². The zero-order valence-electron chi connectivity index (χ0n) is 8.96. The minimum absolute atomic E-state index is 1.05. The second-order valence-electron chi connectivity index (χ2n) is 4.15. The molecule has 0 bridgehead atoms. The van der Waals surface area contributed by atoms with Crippen LogP contribution in [-0.4, -0.2) is 25.5 Å². The van der Waals surface area contributed by atoms with Crippen LogP contribution in [0.2, 0.25) is 0 Å². The van der Waals surface area contributed by atoms with E-state index in [1.807, 2.05) is 0 Å². The van der Waals surface area contributed by atoms with Gasteiger partial charge >= 0.3 is 0 Å². The lowest BCUT2D eigenvalue weighted by molar-refractivity contribution is 0.456. The fourth-order valence-corrected chi connectivity index (χ4v) is 1.96. The molecule has 1 aliphatic rings. The van der Waals surface area contributed by atoms with Crippen LogP contribution in [0.1, 0.15) is 17.5 Å². The second-order valence-corrected chi connectivity index (χ2v) is 4.15. The predicted molar refractivity (Wildman–Crippen MR) is 61.3 cm³/mol. The third-order valence-corrected chi connectivity index (χ3v) is 2.73. The van der Waals surface area contributed by atoms with Crippen molar-refractivity contribution in [2.75, 3.05) is 20.6 Å². The quantitative estimate of drug-likeness (QED) is 0.688. The summed E-state index contributed by atoms with van der Waals surface area (Å²) in [5.41, 5.74) is 4.50. The van der Waals surface area contributed by atoms with Crippen LogP contribution in [0.3, 0.4) is 0 Å². The normalized spacial score (nSPS) is 17.8. The van der Waals surface area contributed by atoms with Gasteiger partial charge in [0, 0.05) is 6.54 Å². The molecule has 14 heavy (non-hydrogen) atoms. The van der Waals surface area contributed by atoms with Gasteiger partial charge in [0.25, 0.3) is 0 Å². The Bertz CT molecular complexity index is 350. The summed E-state index contributed by atoms with van der Waals surface area (Å²) >= 11 is 0. The minimum atomic E-state index is 1.05. The summed E-state index contributed by atoms with van der Waals surface area (Å²) in [7, 11) is 4.22. The number of benzene rings is 1. The number of nitrogens with zero attached hydrogens (tertiary/aromatic N) is 1. The molecule has 1 aliphatic carbocycles. The first-order valence-corrected chi connectivity index (χ1v) is 5.19. The maximum atomic E-state index is 2.35. The van der Waals surface area contributed by atoms with Crippen LogP contribution in [-0.2, 0) is 6.42 Å². The van der Waals surface area contributed by atoms with Crippen LogP contribution in [0, 0.1) is 0 Å². The number of fused-ring (bicyclic) bond motifs is 1. The summed E-state index contributed by atoms with van der Waals surface area (Å²) in [5, 5.41) is 0. The van der Waals surface area contributed by atoms with Crippen molar-refractivity contribution in [2.45, 2.75) is 12.8 Å².